The van der Waals surface area contributed by atoms with Crippen LogP contribution in [0.2, 0.25) is 0 Å². The Labute approximate surface area is 110 Å². The third-order valence-corrected chi connectivity index (χ3v) is 3.92. The van der Waals surface area contributed by atoms with Gasteiger partial charge in [-0.1, -0.05) is 15.9 Å². The lowest BCUT2D eigenvalue weighted by atomic mass is 10.1. The number of nitrogens with two attached hydrogens (primary N) is 1. The van der Waals surface area contributed by atoms with E-state index < -0.39 is 0 Å². The van der Waals surface area contributed by atoms with Crippen LogP contribution in [0.4, 0.5) is 0 Å². The summed E-state index contributed by atoms with van der Waals surface area (Å²) in [4.78, 5) is 0. The van der Waals surface area contributed by atoms with E-state index in [2.05, 4.69) is 15.9 Å². The Kier molecular flexibility index (Phi) is 4.29. The Hall–Kier alpha value is -0.740. The number of benzene rings is 1. The number of halogens is 1. The Morgan fingerprint density at radius 3 is 2.65 bits per heavy atom. The van der Waals surface area contributed by atoms with Gasteiger partial charge in [0.1, 0.15) is 0 Å². The molecule has 2 N–H and O–H groups in total. The average molecular weight is 300 g/mol. The molecule has 1 aliphatic rings. The SMILES string of the molecule is COc1ccc(Br)c(CN)c1OC1CCCC1. The van der Waals surface area contributed by atoms with Gasteiger partial charge in [-0.25, -0.2) is 0 Å². The molecule has 0 aliphatic heterocycles. The monoisotopic (exact) mass is 299 g/mol. The molecule has 1 fully saturated rings. The third kappa shape index (κ3) is 2.75. The quantitative estimate of drug-likeness (QED) is 0.928. The van der Waals surface area contributed by atoms with Crippen molar-refractivity contribution in [2.24, 2.45) is 5.73 Å². The number of hydrogen-bond donors (Lipinski definition) is 1. The van der Waals surface area contributed by atoms with Crippen molar-refractivity contribution in [3.63, 3.8) is 0 Å². The number of ether oxygens (including phenoxy) is 2. The lowest BCUT2D eigenvalue weighted by Crippen LogP contribution is -2.14. The lowest BCUT2D eigenvalue weighted by Gasteiger charge is -2.19. The summed E-state index contributed by atoms with van der Waals surface area (Å²) >= 11 is 3.50. The van der Waals surface area contributed by atoms with E-state index >= 15 is 0 Å². The van der Waals surface area contributed by atoms with E-state index in [1.54, 1.807) is 7.11 Å². The maximum absolute atomic E-state index is 6.07. The second-order valence-corrected chi connectivity index (χ2v) is 5.14. The molecule has 3 nitrogen and oxygen atoms in total. The minimum atomic E-state index is 0.309. The molecule has 0 spiro atoms. The van der Waals surface area contributed by atoms with Crippen LogP contribution < -0.4 is 15.2 Å². The van der Waals surface area contributed by atoms with Gasteiger partial charge in [-0.3, -0.25) is 0 Å². The fourth-order valence-electron chi connectivity index (χ4n) is 2.24. The first kappa shape index (κ1) is 12.7. The van der Waals surface area contributed by atoms with Gasteiger partial charge in [0.2, 0.25) is 0 Å². The van der Waals surface area contributed by atoms with Crippen molar-refractivity contribution >= 4 is 15.9 Å². The zero-order chi connectivity index (χ0) is 12.3. The standard InChI is InChI=1S/C13H18BrNO2/c1-16-12-7-6-11(14)10(8-15)13(12)17-9-4-2-3-5-9/h6-7,9H,2-5,8,15H2,1H3. The van der Waals surface area contributed by atoms with Crippen LogP contribution in [-0.2, 0) is 6.54 Å². The molecule has 2 rings (SSSR count). The first-order valence-electron chi connectivity index (χ1n) is 5.98. The van der Waals surface area contributed by atoms with Gasteiger partial charge < -0.3 is 15.2 Å². The Bertz CT molecular complexity index is 389. The van der Waals surface area contributed by atoms with E-state index in [9.17, 15) is 0 Å². The van der Waals surface area contributed by atoms with E-state index in [1.807, 2.05) is 12.1 Å². The minimum absolute atomic E-state index is 0.309. The van der Waals surface area contributed by atoms with Gasteiger partial charge in [0.15, 0.2) is 11.5 Å². The first-order valence-corrected chi connectivity index (χ1v) is 6.77. The first-order chi connectivity index (χ1) is 8.26. The maximum Gasteiger partial charge on any atom is 0.167 e. The van der Waals surface area contributed by atoms with Crippen LogP contribution >= 0.6 is 15.9 Å². The Morgan fingerprint density at radius 2 is 2.06 bits per heavy atom. The number of hydrogen-bond acceptors (Lipinski definition) is 3. The van der Waals surface area contributed by atoms with Crippen molar-refractivity contribution < 1.29 is 9.47 Å². The Morgan fingerprint density at radius 1 is 1.35 bits per heavy atom. The van der Waals surface area contributed by atoms with Gasteiger partial charge in [0.05, 0.1) is 13.2 Å². The predicted molar refractivity (Wildman–Crippen MR) is 71.5 cm³/mol. The van der Waals surface area contributed by atoms with Crippen LogP contribution in [0.25, 0.3) is 0 Å². The molecule has 0 aromatic heterocycles. The van der Waals surface area contributed by atoms with Crippen LogP contribution in [0, 0.1) is 0 Å². The van der Waals surface area contributed by atoms with Crippen LogP contribution in [0.15, 0.2) is 16.6 Å². The molecule has 0 unspecified atom stereocenters. The van der Waals surface area contributed by atoms with Gasteiger partial charge in [0, 0.05) is 16.6 Å². The van der Waals surface area contributed by atoms with Crippen LogP contribution in [-0.4, -0.2) is 13.2 Å². The molecule has 4 heteroatoms. The third-order valence-electron chi connectivity index (χ3n) is 3.18. The molecule has 1 aromatic carbocycles. The molecule has 94 valence electrons. The molecule has 0 radical (unpaired) electrons. The average Bonchev–Trinajstić information content (AvgIpc) is 2.83. The van der Waals surface area contributed by atoms with Crippen LogP contribution in [0.5, 0.6) is 11.5 Å². The lowest BCUT2D eigenvalue weighted by molar-refractivity contribution is 0.198. The molecule has 1 saturated carbocycles. The van der Waals surface area contributed by atoms with Gasteiger partial charge in [-0.2, -0.15) is 0 Å². The summed E-state index contributed by atoms with van der Waals surface area (Å²) in [7, 11) is 1.66. The summed E-state index contributed by atoms with van der Waals surface area (Å²) in [5, 5.41) is 0. The molecule has 0 bridgehead atoms. The van der Waals surface area contributed by atoms with E-state index in [0.717, 1.165) is 34.4 Å². The fourth-order valence-corrected chi connectivity index (χ4v) is 2.71. The maximum atomic E-state index is 6.07. The number of methoxy groups -OCH3 is 1. The highest BCUT2D eigenvalue weighted by Gasteiger charge is 2.21. The summed E-state index contributed by atoms with van der Waals surface area (Å²) in [6.07, 6.45) is 5.06. The number of rotatable bonds is 4. The Balaban J connectivity index is 2.30. The van der Waals surface area contributed by atoms with Crippen molar-refractivity contribution in [1.82, 2.24) is 0 Å². The van der Waals surface area contributed by atoms with E-state index in [-0.39, 0.29) is 0 Å². The summed E-state index contributed by atoms with van der Waals surface area (Å²) in [6.45, 7) is 0.444. The predicted octanol–water partition coefficient (Wildman–Crippen LogP) is 3.24. The van der Waals surface area contributed by atoms with E-state index in [1.165, 1.54) is 12.8 Å². The highest BCUT2D eigenvalue weighted by Crippen LogP contribution is 2.38. The molecule has 0 atom stereocenters. The molecule has 0 heterocycles. The highest BCUT2D eigenvalue weighted by atomic mass is 79.9. The fraction of sp³-hybridized carbons (Fsp3) is 0.538. The van der Waals surface area contributed by atoms with E-state index in [4.69, 9.17) is 15.2 Å². The topological polar surface area (TPSA) is 44.5 Å². The second kappa shape index (κ2) is 5.74. The van der Waals surface area contributed by atoms with Crippen LogP contribution in [0.1, 0.15) is 31.2 Å². The molecule has 0 saturated heterocycles. The molecule has 1 aliphatic carbocycles. The molecule has 17 heavy (non-hydrogen) atoms. The van der Waals surface area contributed by atoms with Crippen molar-refractivity contribution in [2.45, 2.75) is 38.3 Å². The van der Waals surface area contributed by atoms with Gasteiger partial charge in [-0.05, 0) is 37.8 Å². The summed E-state index contributed by atoms with van der Waals surface area (Å²) in [6, 6.07) is 3.86. The van der Waals surface area contributed by atoms with Crippen LogP contribution in [0.3, 0.4) is 0 Å². The van der Waals surface area contributed by atoms with Gasteiger partial charge >= 0.3 is 0 Å². The molecule has 0 amide bonds. The minimum Gasteiger partial charge on any atom is -0.493 e. The van der Waals surface area contributed by atoms with Crippen molar-refractivity contribution in [3.05, 3.63) is 22.2 Å². The summed E-state index contributed by atoms with van der Waals surface area (Å²) in [5.74, 6) is 1.57. The normalized spacial score (nSPS) is 16.2. The van der Waals surface area contributed by atoms with E-state index in [0.29, 0.717) is 12.6 Å². The molecular weight excluding hydrogens is 282 g/mol. The zero-order valence-electron chi connectivity index (χ0n) is 10.0. The molecular formula is C13H18BrNO2. The van der Waals surface area contributed by atoms with Crippen molar-refractivity contribution in [2.75, 3.05) is 7.11 Å². The van der Waals surface area contributed by atoms with Crippen molar-refractivity contribution in [3.8, 4) is 11.5 Å². The second-order valence-electron chi connectivity index (χ2n) is 4.29. The zero-order valence-corrected chi connectivity index (χ0v) is 11.6. The summed E-state index contributed by atoms with van der Waals surface area (Å²) < 4.78 is 12.4. The molecule has 1 aromatic rings. The largest absolute Gasteiger partial charge is 0.493 e. The van der Waals surface area contributed by atoms with Gasteiger partial charge in [0.25, 0.3) is 0 Å². The van der Waals surface area contributed by atoms with Crippen molar-refractivity contribution in [1.29, 1.82) is 0 Å². The highest BCUT2D eigenvalue weighted by molar-refractivity contribution is 9.10. The van der Waals surface area contributed by atoms with Gasteiger partial charge in [-0.15, -0.1) is 0 Å². The smallest absolute Gasteiger partial charge is 0.167 e. The summed E-state index contributed by atoms with van der Waals surface area (Å²) in [5.41, 5.74) is 6.77.